The lowest BCUT2D eigenvalue weighted by Crippen LogP contribution is -2.18. The fraction of sp³-hybridized carbons (Fsp3) is 0.385. The van der Waals surface area contributed by atoms with Gasteiger partial charge in [0.15, 0.2) is 0 Å². The fourth-order valence-electron chi connectivity index (χ4n) is 1.54. The SMILES string of the molecule is CCOP(=O)(CC(=O)Nc1ccc(C=O)cc1)OCC. The maximum Gasteiger partial charge on any atom is 0.340 e. The van der Waals surface area contributed by atoms with Crippen LogP contribution in [0.4, 0.5) is 5.69 Å². The van der Waals surface area contributed by atoms with E-state index in [-0.39, 0.29) is 19.4 Å². The minimum atomic E-state index is -3.40. The topological polar surface area (TPSA) is 81.7 Å². The number of amides is 1. The molecule has 0 aliphatic heterocycles. The molecule has 110 valence electrons. The molecule has 1 aromatic rings. The van der Waals surface area contributed by atoms with Crippen molar-refractivity contribution in [2.75, 3.05) is 24.7 Å². The van der Waals surface area contributed by atoms with Crippen LogP contribution in [0.15, 0.2) is 24.3 Å². The van der Waals surface area contributed by atoms with E-state index in [0.717, 1.165) is 0 Å². The summed E-state index contributed by atoms with van der Waals surface area (Å²) < 4.78 is 22.2. The Bertz CT molecular complexity index is 490. The minimum Gasteiger partial charge on any atom is -0.326 e. The van der Waals surface area contributed by atoms with Crippen LogP contribution in [0.2, 0.25) is 0 Å². The first-order valence-corrected chi connectivity index (χ1v) is 7.99. The van der Waals surface area contributed by atoms with Crippen LogP contribution in [0.1, 0.15) is 24.2 Å². The zero-order valence-corrected chi connectivity index (χ0v) is 12.4. The van der Waals surface area contributed by atoms with Crippen molar-refractivity contribution in [2.45, 2.75) is 13.8 Å². The van der Waals surface area contributed by atoms with Gasteiger partial charge in [0.1, 0.15) is 12.4 Å². The van der Waals surface area contributed by atoms with Crippen LogP contribution in [0.25, 0.3) is 0 Å². The lowest BCUT2D eigenvalue weighted by atomic mass is 10.2. The van der Waals surface area contributed by atoms with E-state index < -0.39 is 13.5 Å². The highest BCUT2D eigenvalue weighted by Gasteiger charge is 2.27. The van der Waals surface area contributed by atoms with Gasteiger partial charge in [0.25, 0.3) is 0 Å². The number of nitrogens with one attached hydrogen (secondary N) is 1. The summed E-state index contributed by atoms with van der Waals surface area (Å²) in [4.78, 5) is 22.3. The molecular formula is C13H18NO5P. The van der Waals surface area contributed by atoms with E-state index >= 15 is 0 Å². The number of hydrogen-bond acceptors (Lipinski definition) is 5. The van der Waals surface area contributed by atoms with E-state index in [4.69, 9.17) is 9.05 Å². The third-order valence-electron chi connectivity index (χ3n) is 2.32. The van der Waals surface area contributed by atoms with Gasteiger partial charge in [0.2, 0.25) is 5.91 Å². The van der Waals surface area contributed by atoms with Crippen LogP contribution in [0.5, 0.6) is 0 Å². The first-order chi connectivity index (χ1) is 9.53. The second-order valence-corrected chi connectivity index (χ2v) is 5.95. The van der Waals surface area contributed by atoms with Gasteiger partial charge in [-0.05, 0) is 38.1 Å². The Kier molecular flexibility index (Phi) is 6.58. The zero-order chi connectivity index (χ0) is 15.0. The number of aldehydes is 1. The predicted octanol–water partition coefficient (Wildman–Crippen LogP) is 2.70. The Hall–Kier alpha value is -1.49. The number of anilines is 1. The smallest absolute Gasteiger partial charge is 0.326 e. The molecule has 0 spiro atoms. The molecule has 0 aliphatic carbocycles. The molecule has 0 aliphatic rings. The molecule has 0 heterocycles. The van der Waals surface area contributed by atoms with Crippen molar-refractivity contribution in [3.63, 3.8) is 0 Å². The number of hydrogen-bond donors (Lipinski definition) is 1. The van der Waals surface area contributed by atoms with Crippen molar-refractivity contribution in [3.05, 3.63) is 29.8 Å². The summed E-state index contributed by atoms with van der Waals surface area (Å²) in [7, 11) is -3.40. The van der Waals surface area contributed by atoms with Crippen LogP contribution in [-0.2, 0) is 18.4 Å². The van der Waals surface area contributed by atoms with Crippen molar-refractivity contribution in [2.24, 2.45) is 0 Å². The fourth-order valence-corrected chi connectivity index (χ4v) is 3.02. The van der Waals surface area contributed by atoms with Gasteiger partial charge >= 0.3 is 7.60 Å². The second kappa shape index (κ2) is 7.94. The van der Waals surface area contributed by atoms with Crippen LogP contribution in [0, 0.1) is 0 Å². The molecule has 0 saturated carbocycles. The van der Waals surface area contributed by atoms with Crippen LogP contribution in [-0.4, -0.2) is 31.6 Å². The Morgan fingerprint density at radius 2 is 1.75 bits per heavy atom. The van der Waals surface area contributed by atoms with Gasteiger partial charge in [-0.1, -0.05) is 0 Å². The standard InChI is InChI=1S/C13H18NO5P/c1-3-18-20(17,19-4-2)10-13(16)14-12-7-5-11(9-15)6-8-12/h5-9H,3-4,10H2,1-2H3,(H,14,16). The first kappa shape index (κ1) is 16.6. The predicted molar refractivity (Wildman–Crippen MR) is 76.2 cm³/mol. The first-order valence-electron chi connectivity index (χ1n) is 6.26. The van der Waals surface area contributed by atoms with Gasteiger partial charge in [-0.15, -0.1) is 0 Å². The maximum atomic E-state index is 12.2. The molecule has 0 fully saturated rings. The van der Waals surface area contributed by atoms with Crippen LogP contribution >= 0.6 is 7.60 Å². The Balaban J connectivity index is 2.65. The van der Waals surface area contributed by atoms with Gasteiger partial charge in [0.05, 0.1) is 13.2 Å². The molecule has 1 rings (SSSR count). The van der Waals surface area contributed by atoms with E-state index in [1.54, 1.807) is 38.1 Å². The van der Waals surface area contributed by atoms with Crippen molar-refractivity contribution in [3.8, 4) is 0 Å². The third-order valence-corrected chi connectivity index (χ3v) is 4.30. The van der Waals surface area contributed by atoms with E-state index in [1.807, 2.05) is 0 Å². The molecule has 1 N–H and O–H groups in total. The Morgan fingerprint density at radius 3 is 2.20 bits per heavy atom. The summed E-state index contributed by atoms with van der Waals surface area (Å²) in [6.45, 7) is 3.78. The normalized spacial score (nSPS) is 11.1. The molecule has 0 radical (unpaired) electrons. The number of rotatable bonds is 8. The van der Waals surface area contributed by atoms with E-state index in [1.165, 1.54) is 0 Å². The monoisotopic (exact) mass is 299 g/mol. The van der Waals surface area contributed by atoms with E-state index in [2.05, 4.69) is 5.32 Å². The van der Waals surface area contributed by atoms with Crippen molar-refractivity contribution in [1.82, 2.24) is 0 Å². The molecule has 0 saturated heterocycles. The van der Waals surface area contributed by atoms with Gasteiger partial charge < -0.3 is 14.4 Å². The summed E-state index contributed by atoms with van der Waals surface area (Å²) in [5, 5.41) is 2.58. The highest BCUT2D eigenvalue weighted by Crippen LogP contribution is 2.47. The summed E-state index contributed by atoms with van der Waals surface area (Å²) in [5.74, 6) is -0.464. The second-order valence-electron chi connectivity index (χ2n) is 3.89. The molecule has 1 amide bonds. The molecule has 1 aromatic carbocycles. The number of benzene rings is 1. The average Bonchev–Trinajstić information content (AvgIpc) is 2.39. The van der Waals surface area contributed by atoms with Crippen LogP contribution < -0.4 is 5.32 Å². The minimum absolute atomic E-state index is 0.207. The highest BCUT2D eigenvalue weighted by molar-refractivity contribution is 7.54. The Labute approximate surface area is 118 Å². The van der Waals surface area contributed by atoms with E-state index in [0.29, 0.717) is 17.5 Å². The zero-order valence-electron chi connectivity index (χ0n) is 11.5. The summed E-state index contributed by atoms with van der Waals surface area (Å²) >= 11 is 0. The quantitative estimate of drug-likeness (QED) is 0.589. The average molecular weight is 299 g/mol. The molecule has 6 nitrogen and oxygen atoms in total. The van der Waals surface area contributed by atoms with Crippen molar-refractivity contribution in [1.29, 1.82) is 0 Å². The molecule has 0 unspecified atom stereocenters. The lowest BCUT2D eigenvalue weighted by Gasteiger charge is -2.16. The van der Waals surface area contributed by atoms with Crippen molar-refractivity contribution < 1.29 is 23.2 Å². The summed E-state index contributed by atoms with van der Waals surface area (Å²) in [6.07, 6.45) is 0.369. The van der Waals surface area contributed by atoms with Crippen LogP contribution in [0.3, 0.4) is 0 Å². The van der Waals surface area contributed by atoms with Gasteiger partial charge in [-0.25, -0.2) is 0 Å². The highest BCUT2D eigenvalue weighted by atomic mass is 31.2. The maximum absolute atomic E-state index is 12.2. The third kappa shape index (κ3) is 5.25. The van der Waals surface area contributed by atoms with Crippen molar-refractivity contribution >= 4 is 25.5 Å². The van der Waals surface area contributed by atoms with Gasteiger partial charge in [-0.3, -0.25) is 14.2 Å². The lowest BCUT2D eigenvalue weighted by molar-refractivity contribution is -0.114. The molecule has 0 aromatic heterocycles. The summed E-state index contributed by atoms with van der Waals surface area (Å²) in [5.41, 5.74) is 1.03. The largest absolute Gasteiger partial charge is 0.340 e. The molecular weight excluding hydrogens is 281 g/mol. The Morgan fingerprint density at radius 1 is 1.20 bits per heavy atom. The molecule has 0 atom stereocenters. The summed E-state index contributed by atoms with van der Waals surface area (Å²) in [6, 6.07) is 6.34. The van der Waals surface area contributed by atoms with Gasteiger partial charge in [-0.2, -0.15) is 0 Å². The molecule has 7 heteroatoms. The number of carbonyl (C=O) groups is 2. The van der Waals surface area contributed by atoms with Gasteiger partial charge in [0, 0.05) is 11.3 Å². The molecule has 0 bridgehead atoms. The number of carbonyl (C=O) groups excluding carboxylic acids is 2. The van der Waals surface area contributed by atoms with E-state index in [9.17, 15) is 14.2 Å². The molecule has 20 heavy (non-hydrogen) atoms.